The highest BCUT2D eigenvalue weighted by Crippen LogP contribution is 2.24. The van der Waals surface area contributed by atoms with Crippen LogP contribution in [0.25, 0.3) is 0 Å². The van der Waals surface area contributed by atoms with Gasteiger partial charge in [-0.2, -0.15) is 0 Å². The van der Waals surface area contributed by atoms with Crippen molar-refractivity contribution in [1.82, 2.24) is 5.32 Å². The van der Waals surface area contributed by atoms with Crippen LogP contribution < -0.4 is 14.8 Å². The lowest BCUT2D eigenvalue weighted by molar-refractivity contribution is -0.274. The zero-order chi connectivity index (χ0) is 15.2. The summed E-state index contributed by atoms with van der Waals surface area (Å²) in [6.45, 7) is 7.49. The van der Waals surface area contributed by atoms with Gasteiger partial charge in [0.05, 0.1) is 6.61 Å². The maximum absolute atomic E-state index is 12.0. The average Bonchev–Trinajstić information content (AvgIpc) is 2.33. The number of hydrogen-bond acceptors (Lipinski definition) is 3. The van der Waals surface area contributed by atoms with Crippen molar-refractivity contribution in [3.8, 4) is 11.5 Å². The van der Waals surface area contributed by atoms with Crippen molar-refractivity contribution in [2.45, 2.75) is 33.2 Å². The second-order valence-electron chi connectivity index (χ2n) is 5.00. The molecule has 0 heterocycles. The van der Waals surface area contributed by atoms with E-state index in [0.717, 1.165) is 6.54 Å². The fourth-order valence-corrected chi connectivity index (χ4v) is 1.47. The first-order valence-electron chi connectivity index (χ1n) is 6.48. The molecule has 1 atom stereocenters. The standard InChI is InChI=1S/C14H20F3NO2/c1-10(2)18-8-11(3)9-19-12-4-6-13(7-5-12)20-14(15,16)17/h4-7,10-11,18H,8-9H2,1-3H3. The minimum absolute atomic E-state index is 0.251. The van der Waals surface area contributed by atoms with E-state index in [-0.39, 0.29) is 5.75 Å². The maximum Gasteiger partial charge on any atom is 0.573 e. The molecule has 0 saturated carbocycles. The van der Waals surface area contributed by atoms with Crippen molar-refractivity contribution in [3.05, 3.63) is 24.3 Å². The number of benzene rings is 1. The Balaban J connectivity index is 2.38. The van der Waals surface area contributed by atoms with Gasteiger partial charge < -0.3 is 14.8 Å². The van der Waals surface area contributed by atoms with Crippen molar-refractivity contribution in [2.24, 2.45) is 5.92 Å². The molecule has 0 amide bonds. The molecule has 1 rings (SSSR count). The van der Waals surface area contributed by atoms with E-state index in [9.17, 15) is 13.2 Å². The molecule has 0 aliphatic carbocycles. The molecule has 1 N–H and O–H groups in total. The molecule has 0 radical (unpaired) electrons. The average molecular weight is 291 g/mol. The third-order valence-corrected chi connectivity index (χ3v) is 2.47. The molecule has 0 aliphatic rings. The molecule has 0 spiro atoms. The van der Waals surface area contributed by atoms with Crippen LogP contribution in [0.4, 0.5) is 13.2 Å². The molecule has 0 saturated heterocycles. The Morgan fingerprint density at radius 3 is 2.10 bits per heavy atom. The van der Waals surface area contributed by atoms with Gasteiger partial charge in [-0.3, -0.25) is 0 Å². The molecule has 0 aliphatic heterocycles. The lowest BCUT2D eigenvalue weighted by Crippen LogP contribution is -2.30. The van der Waals surface area contributed by atoms with E-state index in [0.29, 0.717) is 24.3 Å². The number of nitrogens with one attached hydrogen (secondary N) is 1. The van der Waals surface area contributed by atoms with E-state index >= 15 is 0 Å². The summed E-state index contributed by atoms with van der Waals surface area (Å²) in [6.07, 6.45) is -4.67. The van der Waals surface area contributed by atoms with Gasteiger partial charge in [0.15, 0.2) is 0 Å². The van der Waals surface area contributed by atoms with Crippen molar-refractivity contribution >= 4 is 0 Å². The Labute approximate surface area is 117 Å². The maximum atomic E-state index is 12.0. The van der Waals surface area contributed by atoms with E-state index < -0.39 is 6.36 Å². The zero-order valence-electron chi connectivity index (χ0n) is 11.8. The summed E-state index contributed by atoms with van der Waals surface area (Å²) in [5, 5.41) is 3.29. The van der Waals surface area contributed by atoms with E-state index in [4.69, 9.17) is 4.74 Å². The van der Waals surface area contributed by atoms with Gasteiger partial charge in [0.1, 0.15) is 11.5 Å². The van der Waals surface area contributed by atoms with Crippen LogP contribution in [0.5, 0.6) is 11.5 Å². The summed E-state index contributed by atoms with van der Waals surface area (Å²) in [5.74, 6) is 0.582. The van der Waals surface area contributed by atoms with Gasteiger partial charge in [-0.25, -0.2) is 0 Å². The largest absolute Gasteiger partial charge is 0.573 e. The lowest BCUT2D eigenvalue weighted by Gasteiger charge is -2.16. The highest BCUT2D eigenvalue weighted by molar-refractivity contribution is 5.31. The number of hydrogen-bond donors (Lipinski definition) is 1. The molecule has 0 bridgehead atoms. The van der Waals surface area contributed by atoms with E-state index in [1.807, 2.05) is 6.92 Å². The van der Waals surface area contributed by atoms with Crippen LogP contribution in [0.15, 0.2) is 24.3 Å². The van der Waals surface area contributed by atoms with Gasteiger partial charge in [0.2, 0.25) is 0 Å². The first kappa shape index (κ1) is 16.6. The Morgan fingerprint density at radius 2 is 1.60 bits per heavy atom. The Hall–Kier alpha value is -1.43. The van der Waals surface area contributed by atoms with Crippen LogP contribution in [0.2, 0.25) is 0 Å². The van der Waals surface area contributed by atoms with E-state index in [1.54, 1.807) is 0 Å². The van der Waals surface area contributed by atoms with Crippen LogP contribution in [0, 0.1) is 5.92 Å². The molecule has 20 heavy (non-hydrogen) atoms. The molecular formula is C14H20F3NO2. The van der Waals surface area contributed by atoms with Crippen molar-refractivity contribution in [2.75, 3.05) is 13.2 Å². The topological polar surface area (TPSA) is 30.5 Å². The summed E-state index contributed by atoms with van der Waals surface area (Å²) in [7, 11) is 0. The highest BCUT2D eigenvalue weighted by atomic mass is 19.4. The van der Waals surface area contributed by atoms with Gasteiger partial charge >= 0.3 is 6.36 Å². The third kappa shape index (κ3) is 7.23. The van der Waals surface area contributed by atoms with Crippen LogP contribution in [-0.4, -0.2) is 25.6 Å². The second kappa shape index (κ2) is 7.38. The van der Waals surface area contributed by atoms with Gasteiger partial charge in [0.25, 0.3) is 0 Å². The molecule has 1 aromatic carbocycles. The number of alkyl halides is 3. The number of rotatable bonds is 7. The molecular weight excluding hydrogens is 271 g/mol. The monoisotopic (exact) mass is 291 g/mol. The number of halogens is 3. The smallest absolute Gasteiger partial charge is 0.493 e. The quantitative estimate of drug-likeness (QED) is 0.832. The van der Waals surface area contributed by atoms with Gasteiger partial charge in [0, 0.05) is 18.5 Å². The van der Waals surface area contributed by atoms with Gasteiger partial charge in [-0.15, -0.1) is 13.2 Å². The second-order valence-corrected chi connectivity index (χ2v) is 5.00. The van der Waals surface area contributed by atoms with Crippen molar-refractivity contribution in [1.29, 1.82) is 0 Å². The first-order chi connectivity index (χ1) is 9.26. The summed E-state index contributed by atoms with van der Waals surface area (Å²) >= 11 is 0. The minimum Gasteiger partial charge on any atom is -0.493 e. The molecule has 3 nitrogen and oxygen atoms in total. The highest BCUT2D eigenvalue weighted by Gasteiger charge is 2.30. The lowest BCUT2D eigenvalue weighted by atomic mass is 10.2. The third-order valence-electron chi connectivity index (χ3n) is 2.47. The Morgan fingerprint density at radius 1 is 1.05 bits per heavy atom. The predicted molar refractivity (Wildman–Crippen MR) is 70.9 cm³/mol. The zero-order valence-corrected chi connectivity index (χ0v) is 11.8. The predicted octanol–water partition coefficient (Wildman–Crippen LogP) is 3.60. The summed E-state index contributed by atoms with van der Waals surface area (Å²) in [6, 6.07) is 5.81. The van der Waals surface area contributed by atoms with Crippen molar-refractivity contribution in [3.63, 3.8) is 0 Å². The fourth-order valence-electron chi connectivity index (χ4n) is 1.47. The van der Waals surface area contributed by atoms with Crippen LogP contribution in [0.1, 0.15) is 20.8 Å². The van der Waals surface area contributed by atoms with Crippen LogP contribution in [0.3, 0.4) is 0 Å². The summed E-state index contributed by atoms with van der Waals surface area (Å²) in [4.78, 5) is 0. The van der Waals surface area contributed by atoms with E-state index in [2.05, 4.69) is 23.9 Å². The normalized spacial score (nSPS) is 13.3. The molecule has 1 unspecified atom stereocenters. The molecule has 0 fully saturated rings. The first-order valence-corrected chi connectivity index (χ1v) is 6.48. The van der Waals surface area contributed by atoms with Gasteiger partial charge in [-0.05, 0) is 24.3 Å². The molecule has 114 valence electrons. The Kier molecular flexibility index (Phi) is 6.13. The van der Waals surface area contributed by atoms with Crippen molar-refractivity contribution < 1.29 is 22.6 Å². The Bertz CT molecular complexity index is 390. The molecule has 1 aromatic rings. The van der Waals surface area contributed by atoms with Gasteiger partial charge in [-0.1, -0.05) is 20.8 Å². The SMILES string of the molecule is CC(CNC(C)C)COc1ccc(OC(F)(F)F)cc1. The summed E-state index contributed by atoms with van der Waals surface area (Å²) < 4.78 is 45.2. The van der Waals surface area contributed by atoms with E-state index in [1.165, 1.54) is 24.3 Å². The minimum atomic E-state index is -4.67. The molecule has 0 aromatic heterocycles. The molecule has 6 heteroatoms. The number of ether oxygens (including phenoxy) is 2. The summed E-state index contributed by atoms with van der Waals surface area (Å²) in [5.41, 5.74) is 0. The van der Waals surface area contributed by atoms with Crippen LogP contribution >= 0.6 is 0 Å². The fraction of sp³-hybridized carbons (Fsp3) is 0.571. The van der Waals surface area contributed by atoms with Crippen LogP contribution in [-0.2, 0) is 0 Å².